The van der Waals surface area contributed by atoms with E-state index in [9.17, 15) is 9.59 Å². The van der Waals surface area contributed by atoms with Gasteiger partial charge < -0.3 is 19.7 Å². The summed E-state index contributed by atoms with van der Waals surface area (Å²) in [6.45, 7) is 6.87. The minimum absolute atomic E-state index is 0.0446. The van der Waals surface area contributed by atoms with Crippen LogP contribution < -0.4 is 10.2 Å². The van der Waals surface area contributed by atoms with Crippen molar-refractivity contribution in [2.24, 2.45) is 0 Å². The molecule has 7 nitrogen and oxygen atoms in total. The quantitative estimate of drug-likeness (QED) is 0.766. The van der Waals surface area contributed by atoms with Gasteiger partial charge in [-0.15, -0.1) is 0 Å². The average molecular weight is 414 g/mol. The van der Waals surface area contributed by atoms with Crippen molar-refractivity contribution in [1.82, 2.24) is 10.3 Å². The number of esters is 1. The largest absolute Gasteiger partial charge is 0.465 e. The molecule has 138 valence electrons. The number of carbonyl (C=O) groups excluding carboxylic acids is 2. The van der Waals surface area contributed by atoms with E-state index in [2.05, 4.69) is 26.2 Å². The summed E-state index contributed by atoms with van der Waals surface area (Å²) >= 11 is 3.33. The highest BCUT2D eigenvalue weighted by molar-refractivity contribution is 9.10. The maximum Gasteiger partial charge on any atom is 0.407 e. The van der Waals surface area contributed by atoms with Crippen molar-refractivity contribution < 1.29 is 19.1 Å². The number of rotatable bonds is 3. The summed E-state index contributed by atoms with van der Waals surface area (Å²) in [7, 11) is 1.35. The maximum atomic E-state index is 12.0. The van der Waals surface area contributed by atoms with Crippen molar-refractivity contribution in [1.29, 1.82) is 0 Å². The predicted molar refractivity (Wildman–Crippen MR) is 97.9 cm³/mol. The predicted octanol–water partition coefficient (Wildman–Crippen LogP) is 3.12. The maximum absolute atomic E-state index is 12.0. The number of pyridine rings is 1. The highest BCUT2D eigenvalue weighted by atomic mass is 79.9. The topological polar surface area (TPSA) is 80.8 Å². The Morgan fingerprint density at radius 3 is 2.52 bits per heavy atom. The molecule has 0 saturated carbocycles. The first kappa shape index (κ1) is 19.5. The molecule has 1 aromatic rings. The zero-order valence-corrected chi connectivity index (χ0v) is 16.6. The Kier molecular flexibility index (Phi) is 6.26. The Bertz CT molecular complexity index is 637. The minimum atomic E-state index is -0.512. The summed E-state index contributed by atoms with van der Waals surface area (Å²) in [5.41, 5.74) is -0.0860. The van der Waals surface area contributed by atoms with Gasteiger partial charge in [-0.3, -0.25) is 0 Å². The molecular formula is C17H24BrN3O4. The van der Waals surface area contributed by atoms with Gasteiger partial charge in [0.1, 0.15) is 17.0 Å². The molecule has 0 aromatic carbocycles. The second kappa shape index (κ2) is 8.03. The standard InChI is InChI=1S/C17H24BrN3O4/c1-17(2,3)25-16(23)20-12-5-7-21(8-6-12)14-13(15(22)24-4)9-11(18)10-19-14/h9-10,12H,5-8H2,1-4H3,(H,20,23). The molecule has 0 spiro atoms. The number of aromatic nitrogens is 1. The number of piperidine rings is 1. The van der Waals surface area contributed by atoms with E-state index in [4.69, 9.17) is 9.47 Å². The minimum Gasteiger partial charge on any atom is -0.465 e. The molecule has 2 heterocycles. The van der Waals surface area contributed by atoms with E-state index in [1.165, 1.54) is 7.11 Å². The van der Waals surface area contributed by atoms with Gasteiger partial charge in [-0.2, -0.15) is 0 Å². The molecule has 1 amide bonds. The van der Waals surface area contributed by atoms with Crippen molar-refractivity contribution in [2.45, 2.75) is 45.3 Å². The van der Waals surface area contributed by atoms with Crippen LogP contribution >= 0.6 is 15.9 Å². The van der Waals surface area contributed by atoms with Crippen LogP contribution in [0, 0.1) is 0 Å². The molecule has 0 unspecified atom stereocenters. The van der Waals surface area contributed by atoms with Crippen molar-refractivity contribution in [3.63, 3.8) is 0 Å². The Labute approximate surface area is 156 Å². The zero-order chi connectivity index (χ0) is 18.6. The first-order valence-electron chi connectivity index (χ1n) is 8.18. The van der Waals surface area contributed by atoms with Gasteiger partial charge in [0.15, 0.2) is 0 Å². The van der Waals surface area contributed by atoms with E-state index in [1.807, 2.05) is 25.7 Å². The summed E-state index contributed by atoms with van der Waals surface area (Å²) in [5.74, 6) is 0.184. The lowest BCUT2D eigenvalue weighted by Crippen LogP contribution is -2.46. The number of hydrogen-bond acceptors (Lipinski definition) is 6. The number of carbonyl (C=O) groups is 2. The van der Waals surface area contributed by atoms with Crippen LogP contribution in [0.5, 0.6) is 0 Å². The molecule has 0 bridgehead atoms. The second-order valence-electron chi connectivity index (χ2n) is 6.92. The molecule has 0 atom stereocenters. The number of nitrogens with zero attached hydrogens (tertiary/aromatic N) is 2. The molecule has 2 rings (SSSR count). The Hall–Kier alpha value is -1.83. The number of hydrogen-bond donors (Lipinski definition) is 1. The normalized spacial score (nSPS) is 15.6. The average Bonchev–Trinajstić information content (AvgIpc) is 2.53. The van der Waals surface area contributed by atoms with Crippen LogP contribution in [0.4, 0.5) is 10.6 Å². The van der Waals surface area contributed by atoms with Crippen LogP contribution in [-0.4, -0.2) is 48.9 Å². The third-order valence-electron chi connectivity index (χ3n) is 3.75. The van der Waals surface area contributed by atoms with Crippen LogP contribution in [0.3, 0.4) is 0 Å². The molecular weight excluding hydrogens is 390 g/mol. The van der Waals surface area contributed by atoms with Gasteiger partial charge in [0.05, 0.1) is 7.11 Å². The fourth-order valence-electron chi connectivity index (χ4n) is 2.65. The number of methoxy groups -OCH3 is 1. The van der Waals surface area contributed by atoms with Crippen LogP contribution in [0.1, 0.15) is 44.0 Å². The number of amides is 1. The Morgan fingerprint density at radius 2 is 1.96 bits per heavy atom. The molecule has 25 heavy (non-hydrogen) atoms. The van der Waals surface area contributed by atoms with Gasteiger partial charge in [-0.05, 0) is 55.6 Å². The fourth-order valence-corrected chi connectivity index (χ4v) is 2.99. The first-order chi connectivity index (χ1) is 11.7. The molecule has 1 fully saturated rings. The van der Waals surface area contributed by atoms with E-state index >= 15 is 0 Å². The summed E-state index contributed by atoms with van der Waals surface area (Å²) in [6, 6.07) is 1.75. The highest BCUT2D eigenvalue weighted by Gasteiger charge is 2.26. The summed E-state index contributed by atoms with van der Waals surface area (Å²) in [5, 5.41) is 2.90. The molecule has 8 heteroatoms. The molecule has 1 aromatic heterocycles. The van der Waals surface area contributed by atoms with Gasteiger partial charge in [-0.1, -0.05) is 0 Å². The molecule has 0 radical (unpaired) electrons. The van der Waals surface area contributed by atoms with Crippen molar-refractivity contribution in [3.05, 3.63) is 22.3 Å². The molecule has 1 N–H and O–H groups in total. The van der Waals surface area contributed by atoms with E-state index in [-0.39, 0.29) is 6.04 Å². The molecule has 1 aliphatic heterocycles. The van der Waals surface area contributed by atoms with E-state index in [0.717, 1.165) is 17.3 Å². The van der Waals surface area contributed by atoms with Gasteiger partial charge in [0.25, 0.3) is 0 Å². The fraction of sp³-hybridized carbons (Fsp3) is 0.588. The number of halogens is 1. The molecule has 1 aliphatic rings. The second-order valence-corrected chi connectivity index (χ2v) is 7.84. The first-order valence-corrected chi connectivity index (χ1v) is 8.97. The van der Waals surface area contributed by atoms with Crippen LogP contribution in [-0.2, 0) is 9.47 Å². The van der Waals surface area contributed by atoms with Crippen LogP contribution in [0.15, 0.2) is 16.7 Å². The zero-order valence-electron chi connectivity index (χ0n) is 15.0. The smallest absolute Gasteiger partial charge is 0.407 e. The van der Waals surface area contributed by atoms with Gasteiger partial charge in [-0.25, -0.2) is 14.6 Å². The van der Waals surface area contributed by atoms with Crippen LogP contribution in [0.25, 0.3) is 0 Å². The van der Waals surface area contributed by atoms with Crippen molar-refractivity contribution in [3.8, 4) is 0 Å². The summed E-state index contributed by atoms with van der Waals surface area (Å²) in [6.07, 6.45) is 2.75. The Balaban J connectivity index is 1.99. The Morgan fingerprint density at radius 1 is 1.32 bits per heavy atom. The van der Waals surface area contributed by atoms with Crippen LogP contribution in [0.2, 0.25) is 0 Å². The van der Waals surface area contributed by atoms with E-state index in [0.29, 0.717) is 24.5 Å². The number of nitrogens with one attached hydrogen (secondary N) is 1. The highest BCUT2D eigenvalue weighted by Crippen LogP contribution is 2.25. The molecule has 1 saturated heterocycles. The van der Waals surface area contributed by atoms with Gasteiger partial charge >= 0.3 is 12.1 Å². The van der Waals surface area contributed by atoms with Crippen molar-refractivity contribution >= 4 is 33.8 Å². The third kappa shape index (κ3) is 5.59. The van der Waals surface area contributed by atoms with Gasteiger partial charge in [0.2, 0.25) is 0 Å². The summed E-state index contributed by atoms with van der Waals surface area (Å²) < 4.78 is 10.9. The number of alkyl carbamates (subject to hydrolysis) is 1. The summed E-state index contributed by atoms with van der Waals surface area (Å²) in [4.78, 5) is 30.3. The van der Waals surface area contributed by atoms with Crippen molar-refractivity contribution in [2.75, 3.05) is 25.1 Å². The lowest BCUT2D eigenvalue weighted by Gasteiger charge is -2.34. The molecule has 0 aliphatic carbocycles. The van der Waals surface area contributed by atoms with E-state index < -0.39 is 17.7 Å². The SMILES string of the molecule is COC(=O)c1cc(Br)cnc1N1CCC(NC(=O)OC(C)(C)C)CC1. The lowest BCUT2D eigenvalue weighted by atomic mass is 10.0. The lowest BCUT2D eigenvalue weighted by molar-refractivity contribution is 0.0496. The third-order valence-corrected chi connectivity index (χ3v) is 4.19. The monoisotopic (exact) mass is 413 g/mol. The van der Waals surface area contributed by atoms with Gasteiger partial charge in [0, 0.05) is 29.8 Å². The number of anilines is 1. The van der Waals surface area contributed by atoms with E-state index in [1.54, 1.807) is 12.3 Å². The number of ether oxygens (including phenoxy) is 2.